The second-order valence-electron chi connectivity index (χ2n) is 5.05. The first-order valence-corrected chi connectivity index (χ1v) is 6.96. The summed E-state index contributed by atoms with van der Waals surface area (Å²) in [5.41, 5.74) is 4.03. The topological polar surface area (TPSA) is 41.1 Å². The van der Waals surface area contributed by atoms with Crippen molar-refractivity contribution in [2.75, 3.05) is 5.32 Å². The van der Waals surface area contributed by atoms with Gasteiger partial charge in [-0.05, 0) is 56.7 Å². The Balaban J connectivity index is 2.01. The van der Waals surface area contributed by atoms with E-state index in [1.54, 1.807) is 0 Å². The summed E-state index contributed by atoms with van der Waals surface area (Å²) in [7, 11) is 0. The third-order valence-electron chi connectivity index (χ3n) is 3.32. The maximum Gasteiger partial charge on any atom is 0.323 e. The molecule has 0 saturated heterocycles. The van der Waals surface area contributed by atoms with E-state index in [-0.39, 0.29) is 6.03 Å². The lowest BCUT2D eigenvalue weighted by Crippen LogP contribution is -2.24. The van der Waals surface area contributed by atoms with Gasteiger partial charge >= 0.3 is 6.03 Å². The number of benzene rings is 1. The van der Waals surface area contributed by atoms with Crippen molar-refractivity contribution < 1.29 is 4.79 Å². The summed E-state index contributed by atoms with van der Waals surface area (Å²) in [6.45, 7) is 3.91. The number of amides is 2. The highest BCUT2D eigenvalue weighted by Gasteiger charge is 2.10. The number of hydrogen-bond donors (Lipinski definition) is 2. The lowest BCUT2D eigenvalue weighted by atomic mass is 10.1. The number of halogens is 1. The van der Waals surface area contributed by atoms with Gasteiger partial charge in [-0.1, -0.05) is 23.2 Å². The van der Waals surface area contributed by atoms with Crippen LogP contribution in [-0.4, -0.2) is 6.03 Å². The number of nitrogens with one attached hydrogen (secondary N) is 2. The summed E-state index contributed by atoms with van der Waals surface area (Å²) in [5, 5.41) is 6.15. The monoisotopic (exact) mass is 278 g/mol. The highest BCUT2D eigenvalue weighted by Crippen LogP contribution is 2.27. The van der Waals surface area contributed by atoms with Crippen molar-refractivity contribution in [2.45, 2.75) is 39.5 Å². The molecule has 0 bridgehead atoms. The normalized spacial score (nSPS) is 14.4. The maximum absolute atomic E-state index is 11.8. The van der Waals surface area contributed by atoms with E-state index in [1.807, 2.05) is 32.2 Å². The predicted octanol–water partition coefficient (Wildman–Crippen LogP) is 4.54. The van der Waals surface area contributed by atoms with Crippen LogP contribution in [0.4, 0.5) is 10.5 Å². The number of hydrogen-bond acceptors (Lipinski definition) is 1. The first-order valence-electron chi connectivity index (χ1n) is 6.58. The Kier molecular flexibility index (Phi) is 4.48. The zero-order chi connectivity index (χ0) is 13.8. The minimum atomic E-state index is -0.242. The van der Waals surface area contributed by atoms with Crippen LogP contribution in [-0.2, 0) is 0 Å². The molecule has 3 nitrogen and oxygen atoms in total. The summed E-state index contributed by atoms with van der Waals surface area (Å²) in [6, 6.07) is 3.60. The summed E-state index contributed by atoms with van der Waals surface area (Å²) < 4.78 is 0. The number of aryl methyl sites for hydroxylation is 2. The van der Waals surface area contributed by atoms with Gasteiger partial charge in [0.15, 0.2) is 0 Å². The van der Waals surface area contributed by atoms with Gasteiger partial charge in [0, 0.05) is 6.20 Å². The SMILES string of the molecule is Cc1cc(C)c(NC(=O)NC=C2CCCC2)c(Cl)c1. The molecule has 2 N–H and O–H groups in total. The van der Waals surface area contributed by atoms with E-state index < -0.39 is 0 Å². The molecule has 1 fully saturated rings. The highest BCUT2D eigenvalue weighted by molar-refractivity contribution is 6.34. The van der Waals surface area contributed by atoms with Crippen molar-refractivity contribution in [2.24, 2.45) is 0 Å². The fourth-order valence-corrected chi connectivity index (χ4v) is 2.73. The lowest BCUT2D eigenvalue weighted by Gasteiger charge is -2.11. The number of rotatable bonds is 2. The Morgan fingerprint density at radius 2 is 1.95 bits per heavy atom. The van der Waals surface area contributed by atoms with Gasteiger partial charge in [-0.15, -0.1) is 0 Å². The van der Waals surface area contributed by atoms with Gasteiger partial charge in [-0.2, -0.15) is 0 Å². The number of anilines is 1. The Bertz CT molecular complexity index is 492. The third kappa shape index (κ3) is 3.74. The van der Waals surface area contributed by atoms with E-state index in [0.29, 0.717) is 10.7 Å². The second-order valence-corrected chi connectivity index (χ2v) is 5.45. The predicted molar refractivity (Wildman–Crippen MR) is 79.6 cm³/mol. The van der Waals surface area contributed by atoms with Crippen molar-refractivity contribution in [3.63, 3.8) is 0 Å². The van der Waals surface area contributed by atoms with Crippen LogP contribution >= 0.6 is 11.6 Å². The van der Waals surface area contributed by atoms with Crippen molar-refractivity contribution >= 4 is 23.3 Å². The molecule has 1 aromatic carbocycles. The fourth-order valence-electron chi connectivity index (χ4n) is 2.36. The molecule has 4 heteroatoms. The van der Waals surface area contributed by atoms with Gasteiger partial charge < -0.3 is 10.6 Å². The molecule has 0 aliphatic heterocycles. The van der Waals surface area contributed by atoms with Gasteiger partial charge in [0.25, 0.3) is 0 Å². The molecule has 19 heavy (non-hydrogen) atoms. The Morgan fingerprint density at radius 3 is 2.58 bits per heavy atom. The molecule has 2 amide bonds. The first kappa shape index (κ1) is 13.9. The molecule has 0 spiro atoms. The van der Waals surface area contributed by atoms with E-state index in [2.05, 4.69) is 10.6 Å². The van der Waals surface area contributed by atoms with Crippen LogP contribution in [0.5, 0.6) is 0 Å². The van der Waals surface area contributed by atoms with E-state index in [9.17, 15) is 4.79 Å². The lowest BCUT2D eigenvalue weighted by molar-refractivity contribution is 0.255. The van der Waals surface area contributed by atoms with Crippen molar-refractivity contribution in [1.29, 1.82) is 0 Å². The zero-order valence-electron chi connectivity index (χ0n) is 11.3. The quantitative estimate of drug-likeness (QED) is 0.819. The standard InChI is InChI=1S/C15H19ClN2O/c1-10-7-11(2)14(13(16)8-10)18-15(19)17-9-12-5-3-4-6-12/h7-9H,3-6H2,1-2H3,(H2,17,18,19). The molecule has 1 aliphatic carbocycles. The molecule has 0 radical (unpaired) electrons. The van der Waals surface area contributed by atoms with E-state index >= 15 is 0 Å². The molecule has 0 aromatic heterocycles. The van der Waals surface area contributed by atoms with Crippen LogP contribution in [0.1, 0.15) is 36.8 Å². The summed E-state index contributed by atoms with van der Waals surface area (Å²) >= 11 is 6.15. The van der Waals surface area contributed by atoms with Crippen LogP contribution in [0, 0.1) is 13.8 Å². The van der Waals surface area contributed by atoms with Gasteiger partial charge in [-0.25, -0.2) is 4.79 Å². The second kappa shape index (κ2) is 6.11. The van der Waals surface area contributed by atoms with Crippen LogP contribution in [0.3, 0.4) is 0 Å². The average Bonchev–Trinajstić information content (AvgIpc) is 2.84. The molecule has 1 aliphatic rings. The molecule has 1 aromatic rings. The molecule has 0 unspecified atom stereocenters. The van der Waals surface area contributed by atoms with Crippen LogP contribution in [0.15, 0.2) is 23.9 Å². The maximum atomic E-state index is 11.8. The molecule has 102 valence electrons. The zero-order valence-corrected chi connectivity index (χ0v) is 12.1. The summed E-state index contributed by atoms with van der Waals surface area (Å²) in [5.74, 6) is 0. The highest BCUT2D eigenvalue weighted by atomic mass is 35.5. The number of allylic oxidation sites excluding steroid dienone is 1. The van der Waals surface area contributed by atoms with E-state index in [1.165, 1.54) is 18.4 Å². The van der Waals surface area contributed by atoms with Crippen LogP contribution in [0.2, 0.25) is 5.02 Å². The van der Waals surface area contributed by atoms with Crippen molar-refractivity contribution in [3.05, 3.63) is 40.1 Å². The van der Waals surface area contributed by atoms with Crippen molar-refractivity contribution in [1.82, 2.24) is 5.32 Å². The van der Waals surface area contributed by atoms with Gasteiger partial charge in [0.05, 0.1) is 10.7 Å². The van der Waals surface area contributed by atoms with Gasteiger partial charge in [0.1, 0.15) is 0 Å². The average molecular weight is 279 g/mol. The smallest absolute Gasteiger partial charge is 0.314 e. The molecular weight excluding hydrogens is 260 g/mol. The van der Waals surface area contributed by atoms with Gasteiger partial charge in [0.2, 0.25) is 0 Å². The Labute approximate surface area is 119 Å². The minimum absolute atomic E-state index is 0.242. The van der Waals surface area contributed by atoms with Crippen LogP contribution < -0.4 is 10.6 Å². The fraction of sp³-hybridized carbons (Fsp3) is 0.400. The molecule has 1 saturated carbocycles. The summed E-state index contributed by atoms with van der Waals surface area (Å²) in [6.07, 6.45) is 6.44. The Hall–Kier alpha value is -1.48. The molecule has 0 heterocycles. The third-order valence-corrected chi connectivity index (χ3v) is 3.62. The van der Waals surface area contributed by atoms with E-state index in [4.69, 9.17) is 11.6 Å². The number of carbonyl (C=O) groups excluding carboxylic acids is 1. The number of carbonyl (C=O) groups is 1. The first-order chi connectivity index (χ1) is 9.06. The molecule has 0 atom stereocenters. The molecular formula is C15H19ClN2O. The molecule has 2 rings (SSSR count). The van der Waals surface area contributed by atoms with Gasteiger partial charge in [-0.3, -0.25) is 0 Å². The summed E-state index contributed by atoms with van der Waals surface area (Å²) in [4.78, 5) is 11.8. The van der Waals surface area contributed by atoms with Crippen LogP contribution in [0.25, 0.3) is 0 Å². The Morgan fingerprint density at radius 1 is 1.26 bits per heavy atom. The largest absolute Gasteiger partial charge is 0.323 e. The minimum Gasteiger partial charge on any atom is -0.314 e. The number of urea groups is 1. The van der Waals surface area contributed by atoms with Crippen molar-refractivity contribution in [3.8, 4) is 0 Å². The van der Waals surface area contributed by atoms with E-state index in [0.717, 1.165) is 24.0 Å².